The van der Waals surface area contributed by atoms with E-state index >= 15 is 0 Å². The molecule has 36 heavy (non-hydrogen) atoms. The third-order valence-corrected chi connectivity index (χ3v) is 7.97. The largest absolute Gasteiger partial charge is 0.490 e. The van der Waals surface area contributed by atoms with Crippen molar-refractivity contribution in [1.82, 2.24) is 0 Å². The molecule has 1 heterocycles. The molecule has 1 fully saturated rings. The van der Waals surface area contributed by atoms with Gasteiger partial charge >= 0.3 is 5.97 Å². The monoisotopic (exact) mass is 505 g/mol. The maximum Gasteiger partial charge on any atom is 0.311 e. The zero-order valence-electron chi connectivity index (χ0n) is 22.3. The van der Waals surface area contributed by atoms with Gasteiger partial charge in [-0.05, 0) is 55.6 Å². The average Bonchev–Trinajstić information content (AvgIpc) is 2.84. The fourth-order valence-corrected chi connectivity index (χ4v) is 6.04. The van der Waals surface area contributed by atoms with E-state index in [-0.39, 0.29) is 43.5 Å². The second-order valence-corrected chi connectivity index (χ2v) is 11.0. The molecule has 0 spiro atoms. The minimum atomic E-state index is -0.862. The Kier molecular flexibility index (Phi) is 10.00. The van der Waals surface area contributed by atoms with Crippen LogP contribution in [0.25, 0.3) is 0 Å². The zero-order valence-corrected chi connectivity index (χ0v) is 22.3. The summed E-state index contributed by atoms with van der Waals surface area (Å²) < 4.78 is 12.5. The molecule has 3 rings (SSSR count). The molecule has 3 unspecified atom stereocenters. The molecule has 202 valence electrons. The van der Waals surface area contributed by atoms with Crippen LogP contribution in [0.1, 0.15) is 121 Å². The molecular weight excluding hydrogens is 462 g/mol. The quantitative estimate of drug-likeness (QED) is 0.109. The molecule has 1 aliphatic heterocycles. The van der Waals surface area contributed by atoms with Crippen LogP contribution >= 0.6 is 0 Å². The SMILES string of the molecule is CCCCCCC(C)(C)c1cc2c(c(OC(=O)CCCO[N+](=O)[O-])c1CO)C1CCCCC1C(C)O2. The first-order valence-corrected chi connectivity index (χ1v) is 13.6. The third kappa shape index (κ3) is 6.69. The Morgan fingerprint density at radius 1 is 1.22 bits per heavy atom. The van der Waals surface area contributed by atoms with Gasteiger partial charge < -0.3 is 19.4 Å². The van der Waals surface area contributed by atoms with Crippen molar-refractivity contribution in [3.63, 3.8) is 0 Å². The van der Waals surface area contributed by atoms with Gasteiger partial charge in [0.05, 0.1) is 19.3 Å². The van der Waals surface area contributed by atoms with Crippen LogP contribution in [0.5, 0.6) is 11.5 Å². The van der Waals surface area contributed by atoms with Gasteiger partial charge in [-0.25, -0.2) is 0 Å². The van der Waals surface area contributed by atoms with Crippen LogP contribution in [-0.2, 0) is 21.7 Å². The molecule has 0 saturated heterocycles. The van der Waals surface area contributed by atoms with Crippen LogP contribution in [-0.4, -0.2) is 28.9 Å². The van der Waals surface area contributed by atoms with Crippen molar-refractivity contribution in [3.05, 3.63) is 32.9 Å². The summed E-state index contributed by atoms with van der Waals surface area (Å²) >= 11 is 0. The molecule has 0 aromatic heterocycles. The van der Waals surface area contributed by atoms with Crippen LogP contribution in [0.15, 0.2) is 6.07 Å². The van der Waals surface area contributed by atoms with Crippen molar-refractivity contribution in [2.24, 2.45) is 5.92 Å². The van der Waals surface area contributed by atoms with E-state index in [0.29, 0.717) is 17.2 Å². The first-order valence-electron chi connectivity index (χ1n) is 13.6. The molecule has 8 heteroatoms. The Bertz CT molecular complexity index is 914. The highest BCUT2D eigenvalue weighted by Crippen LogP contribution is 2.54. The lowest BCUT2D eigenvalue weighted by molar-refractivity contribution is -0.757. The van der Waals surface area contributed by atoms with Gasteiger partial charge in [0, 0.05) is 23.5 Å². The summed E-state index contributed by atoms with van der Waals surface area (Å²) in [4.78, 5) is 27.6. The Morgan fingerprint density at radius 3 is 2.67 bits per heavy atom. The van der Waals surface area contributed by atoms with Crippen LogP contribution < -0.4 is 9.47 Å². The van der Waals surface area contributed by atoms with E-state index in [1.807, 2.05) is 0 Å². The lowest BCUT2D eigenvalue weighted by Crippen LogP contribution is -2.37. The van der Waals surface area contributed by atoms with Gasteiger partial charge in [0.2, 0.25) is 0 Å². The summed E-state index contributed by atoms with van der Waals surface area (Å²) in [6, 6.07) is 2.09. The number of hydrogen-bond acceptors (Lipinski definition) is 7. The molecule has 1 aliphatic carbocycles. The number of ether oxygens (including phenoxy) is 2. The standard InChI is InChI=1S/C28H43NO7/c1-5-6-7-10-15-28(3,4)23-17-24-26(21-13-9-8-12-20(21)19(2)35-24)27(22(23)18-30)36-25(31)14-11-16-34-29(32)33/h17,19-21,30H,5-16,18H2,1-4H3. The van der Waals surface area contributed by atoms with Crippen molar-refractivity contribution >= 4 is 5.97 Å². The Morgan fingerprint density at radius 2 is 1.97 bits per heavy atom. The van der Waals surface area contributed by atoms with Crippen molar-refractivity contribution < 1.29 is 29.3 Å². The van der Waals surface area contributed by atoms with Gasteiger partial charge in [-0.15, -0.1) is 10.1 Å². The molecule has 8 nitrogen and oxygen atoms in total. The van der Waals surface area contributed by atoms with Crippen LogP contribution in [0.3, 0.4) is 0 Å². The van der Waals surface area contributed by atoms with Crippen molar-refractivity contribution in [1.29, 1.82) is 0 Å². The zero-order chi connectivity index (χ0) is 26.3. The summed E-state index contributed by atoms with van der Waals surface area (Å²) in [5, 5.41) is 20.1. The number of rotatable bonds is 13. The molecule has 1 saturated carbocycles. The summed E-state index contributed by atoms with van der Waals surface area (Å²) in [6.45, 7) is 8.28. The molecule has 0 radical (unpaired) electrons. The predicted octanol–water partition coefficient (Wildman–Crippen LogP) is 6.38. The van der Waals surface area contributed by atoms with Gasteiger partial charge in [0.1, 0.15) is 11.5 Å². The topological polar surface area (TPSA) is 108 Å². The molecule has 0 bridgehead atoms. The molecule has 1 aromatic rings. The number of hydrogen-bond donors (Lipinski definition) is 1. The average molecular weight is 506 g/mol. The second kappa shape index (κ2) is 12.7. The normalized spacial score (nSPS) is 21.2. The first-order chi connectivity index (χ1) is 17.2. The van der Waals surface area contributed by atoms with Gasteiger partial charge in [-0.1, -0.05) is 59.3 Å². The number of aliphatic hydroxyl groups is 1. The van der Waals surface area contributed by atoms with Crippen LogP contribution in [0.4, 0.5) is 0 Å². The van der Waals surface area contributed by atoms with Crippen molar-refractivity contribution in [2.75, 3.05) is 6.61 Å². The fourth-order valence-electron chi connectivity index (χ4n) is 6.04. The number of fused-ring (bicyclic) bond motifs is 3. The summed E-state index contributed by atoms with van der Waals surface area (Å²) in [6.07, 6.45) is 10.1. The van der Waals surface area contributed by atoms with Crippen LogP contribution in [0.2, 0.25) is 0 Å². The Labute approximate surface area is 214 Å². The molecule has 2 aliphatic rings. The van der Waals surface area contributed by atoms with E-state index in [1.165, 1.54) is 12.8 Å². The smallest absolute Gasteiger partial charge is 0.311 e. The fraction of sp³-hybridized carbons (Fsp3) is 0.750. The van der Waals surface area contributed by atoms with E-state index in [9.17, 15) is 20.0 Å². The van der Waals surface area contributed by atoms with E-state index < -0.39 is 11.1 Å². The van der Waals surface area contributed by atoms with E-state index in [0.717, 1.165) is 61.8 Å². The highest BCUT2D eigenvalue weighted by atomic mass is 16.9. The molecule has 3 atom stereocenters. The Balaban J connectivity index is 1.99. The number of aliphatic hydroxyl groups excluding tert-OH is 1. The minimum Gasteiger partial charge on any atom is -0.490 e. The van der Waals surface area contributed by atoms with Gasteiger partial charge in [-0.3, -0.25) is 4.79 Å². The highest BCUT2D eigenvalue weighted by molar-refractivity contribution is 5.75. The molecule has 1 N–H and O–H groups in total. The second-order valence-electron chi connectivity index (χ2n) is 11.0. The number of carbonyl (C=O) groups is 1. The van der Waals surface area contributed by atoms with Crippen LogP contribution in [0, 0.1) is 16.0 Å². The molecule has 0 amide bonds. The summed E-state index contributed by atoms with van der Waals surface area (Å²) in [7, 11) is 0. The lowest BCUT2D eigenvalue weighted by atomic mass is 9.69. The van der Waals surface area contributed by atoms with E-state index in [1.54, 1.807) is 0 Å². The summed E-state index contributed by atoms with van der Waals surface area (Å²) in [5.74, 6) is 1.28. The summed E-state index contributed by atoms with van der Waals surface area (Å²) in [5.41, 5.74) is 2.28. The third-order valence-electron chi connectivity index (χ3n) is 7.97. The molecule has 1 aromatic carbocycles. The number of nitrogens with zero attached hydrogens (tertiary/aromatic N) is 1. The number of carbonyl (C=O) groups excluding carboxylic acids is 1. The minimum absolute atomic E-state index is 0.0104. The van der Waals surface area contributed by atoms with E-state index in [4.69, 9.17) is 9.47 Å². The van der Waals surface area contributed by atoms with Gasteiger partial charge in [0.25, 0.3) is 5.09 Å². The number of benzene rings is 1. The first kappa shape index (κ1) is 28.2. The maximum absolute atomic E-state index is 12.9. The molecular formula is C28H43NO7. The van der Waals surface area contributed by atoms with Gasteiger partial charge in [0.15, 0.2) is 0 Å². The van der Waals surface area contributed by atoms with E-state index in [2.05, 4.69) is 38.6 Å². The van der Waals surface area contributed by atoms with Crippen molar-refractivity contribution in [2.45, 2.75) is 122 Å². The lowest BCUT2D eigenvalue weighted by Gasteiger charge is -2.43. The number of unbranched alkanes of at least 4 members (excludes halogenated alkanes) is 3. The number of esters is 1. The predicted molar refractivity (Wildman–Crippen MR) is 137 cm³/mol. The Hall–Kier alpha value is -2.35. The highest BCUT2D eigenvalue weighted by Gasteiger charge is 2.42. The van der Waals surface area contributed by atoms with Crippen molar-refractivity contribution in [3.8, 4) is 11.5 Å². The maximum atomic E-state index is 12.9. The van der Waals surface area contributed by atoms with Gasteiger partial charge in [-0.2, -0.15) is 0 Å².